The largest absolute Gasteiger partial charge is 0.398 e. The zero-order valence-electron chi connectivity index (χ0n) is 5.00. The van der Waals surface area contributed by atoms with Gasteiger partial charge in [0, 0.05) is 11.8 Å². The molecule has 0 aromatic heterocycles. The Morgan fingerprint density at radius 3 is 2.50 bits per heavy atom. The Labute approximate surface area is 55.7 Å². The first-order chi connectivity index (χ1) is 4.70. The summed E-state index contributed by atoms with van der Waals surface area (Å²) in [5.74, 6) is 0. The second-order valence-corrected chi connectivity index (χ2v) is 2.22. The Morgan fingerprint density at radius 2 is 2.20 bits per heavy atom. The van der Waals surface area contributed by atoms with Gasteiger partial charge in [-0.05, 0) is 11.3 Å². The Balaban J connectivity index is 2.65. The summed E-state index contributed by atoms with van der Waals surface area (Å²) in [7, 11) is 0. The summed E-state index contributed by atoms with van der Waals surface area (Å²) in [5.41, 5.74) is 6.03. The van der Waals surface area contributed by atoms with E-state index in [0.717, 1.165) is 5.22 Å². The summed E-state index contributed by atoms with van der Waals surface area (Å²) in [6, 6.07) is 3.24. The first kappa shape index (κ1) is 5.22. The van der Waals surface area contributed by atoms with Gasteiger partial charge in [-0.25, -0.2) is 0 Å². The highest BCUT2D eigenvalue weighted by Crippen LogP contribution is 2.29. The Morgan fingerprint density at radius 1 is 1.50 bits per heavy atom. The van der Waals surface area contributed by atoms with Crippen molar-refractivity contribution in [3.8, 4) is 0 Å². The predicted octanol–water partition coefficient (Wildman–Crippen LogP) is 0.777. The predicted molar refractivity (Wildman–Crippen MR) is 35.2 cm³/mol. The molecule has 0 atom stereocenters. The summed E-state index contributed by atoms with van der Waals surface area (Å²) < 4.78 is 0. The normalized spacial score (nSPS) is 11.2. The Bertz CT molecular complexity index is 410. The maximum atomic E-state index is 10.1. The molecule has 0 radical (unpaired) electrons. The standard InChI is InChI=1S/C6H4N2O2/c7-4-1-3-2-5(6(3)4)8(9)10/h1-2H,7H2. The van der Waals surface area contributed by atoms with Gasteiger partial charge in [-0.2, -0.15) is 0 Å². The van der Waals surface area contributed by atoms with E-state index in [1.807, 2.05) is 0 Å². The second-order valence-electron chi connectivity index (χ2n) is 2.22. The van der Waals surface area contributed by atoms with E-state index < -0.39 is 4.92 Å². The van der Waals surface area contributed by atoms with Gasteiger partial charge in [0.2, 0.25) is 0 Å². The lowest BCUT2D eigenvalue weighted by Gasteiger charge is -2.06. The van der Waals surface area contributed by atoms with Crippen LogP contribution in [0.15, 0.2) is 12.1 Å². The number of anilines is 1. The van der Waals surface area contributed by atoms with Crippen molar-refractivity contribution in [3.63, 3.8) is 0 Å². The van der Waals surface area contributed by atoms with Gasteiger partial charge in [-0.1, -0.05) is 0 Å². The third-order valence-electron chi connectivity index (χ3n) is 1.63. The molecular weight excluding hydrogens is 132 g/mol. The minimum atomic E-state index is -0.418. The summed E-state index contributed by atoms with van der Waals surface area (Å²) in [6.07, 6.45) is 0. The Hall–Kier alpha value is -1.58. The SMILES string of the molecule is Nc1cc2cc([N+](=O)[O-])c1=2. The third kappa shape index (κ3) is 0.375. The lowest BCUT2D eigenvalue weighted by atomic mass is 10.0. The van der Waals surface area contributed by atoms with E-state index in [1.54, 1.807) is 6.07 Å². The molecule has 0 aromatic rings. The fraction of sp³-hybridized carbons (Fsp3) is 0. The molecule has 0 aromatic carbocycles. The highest BCUT2D eigenvalue weighted by atomic mass is 16.6. The number of nitro benzene ring substituents is 1. The van der Waals surface area contributed by atoms with Crippen molar-refractivity contribution in [2.24, 2.45) is 0 Å². The highest BCUT2D eigenvalue weighted by molar-refractivity contribution is 5.60. The van der Waals surface area contributed by atoms with E-state index in [9.17, 15) is 10.1 Å². The fourth-order valence-electron chi connectivity index (χ4n) is 1.10. The van der Waals surface area contributed by atoms with Gasteiger partial charge in [-0.3, -0.25) is 10.1 Å². The van der Waals surface area contributed by atoms with Crippen LogP contribution in [0.25, 0.3) is 0 Å². The van der Waals surface area contributed by atoms with Crippen molar-refractivity contribution in [1.82, 2.24) is 0 Å². The van der Waals surface area contributed by atoms with Crippen LogP contribution in [0.2, 0.25) is 0 Å². The maximum Gasteiger partial charge on any atom is 0.279 e. The highest BCUT2D eigenvalue weighted by Gasteiger charge is 2.19. The third-order valence-corrected chi connectivity index (χ3v) is 1.63. The second kappa shape index (κ2) is 1.29. The summed E-state index contributed by atoms with van der Waals surface area (Å²) >= 11 is 0. The molecular formula is C6H4N2O2. The van der Waals surface area contributed by atoms with Crippen LogP contribution in [-0.4, -0.2) is 4.92 Å². The maximum absolute atomic E-state index is 10.1. The molecule has 10 heavy (non-hydrogen) atoms. The van der Waals surface area contributed by atoms with Crippen LogP contribution in [0.1, 0.15) is 0 Å². The quantitative estimate of drug-likeness (QED) is 0.357. The smallest absolute Gasteiger partial charge is 0.279 e. The van der Waals surface area contributed by atoms with E-state index in [-0.39, 0.29) is 5.69 Å². The average Bonchev–Trinajstić information content (AvgIpc) is 1.79. The summed E-state index contributed by atoms with van der Waals surface area (Å²) in [4.78, 5) is 9.72. The van der Waals surface area contributed by atoms with Crippen LogP contribution in [0.5, 0.6) is 0 Å². The van der Waals surface area contributed by atoms with Crippen molar-refractivity contribution in [2.45, 2.75) is 0 Å². The van der Waals surface area contributed by atoms with Crippen molar-refractivity contribution in [1.29, 1.82) is 0 Å². The molecule has 2 N–H and O–H groups in total. The summed E-state index contributed by atoms with van der Waals surface area (Å²) in [5, 5.41) is 11.7. The van der Waals surface area contributed by atoms with Crippen LogP contribution >= 0.6 is 0 Å². The molecule has 4 nitrogen and oxygen atoms in total. The summed E-state index contributed by atoms with van der Waals surface area (Å²) in [6.45, 7) is 0. The van der Waals surface area contributed by atoms with Gasteiger partial charge < -0.3 is 5.73 Å². The van der Waals surface area contributed by atoms with Gasteiger partial charge >= 0.3 is 0 Å². The zero-order valence-corrected chi connectivity index (χ0v) is 5.00. The molecule has 50 valence electrons. The van der Waals surface area contributed by atoms with E-state index in [1.165, 1.54) is 6.07 Å². The fourth-order valence-corrected chi connectivity index (χ4v) is 1.10. The van der Waals surface area contributed by atoms with Crippen molar-refractivity contribution in [2.75, 3.05) is 5.73 Å². The number of nitrogens with zero attached hydrogens (tertiary/aromatic N) is 1. The first-order valence-corrected chi connectivity index (χ1v) is 2.78. The van der Waals surface area contributed by atoms with Crippen LogP contribution < -0.4 is 5.73 Å². The molecule has 0 aliphatic heterocycles. The van der Waals surface area contributed by atoms with Crippen molar-refractivity contribution < 1.29 is 4.92 Å². The van der Waals surface area contributed by atoms with Gasteiger partial charge in [0.15, 0.2) is 0 Å². The molecule has 0 unspecified atom stereocenters. The van der Waals surface area contributed by atoms with E-state index in [2.05, 4.69) is 0 Å². The van der Waals surface area contributed by atoms with Crippen LogP contribution in [0.3, 0.4) is 0 Å². The minimum absolute atomic E-state index is 0.148. The number of non-ortho nitro benzene ring substituents is 1. The van der Waals surface area contributed by atoms with Crippen LogP contribution in [0.4, 0.5) is 11.4 Å². The lowest BCUT2D eigenvalue weighted by Crippen LogP contribution is -2.03. The average molecular weight is 136 g/mol. The molecule has 4 heteroatoms. The number of nitro groups is 1. The van der Waals surface area contributed by atoms with Crippen molar-refractivity contribution in [3.05, 3.63) is 32.7 Å². The van der Waals surface area contributed by atoms with Crippen LogP contribution in [-0.2, 0) is 0 Å². The molecule has 0 saturated carbocycles. The molecule has 0 saturated heterocycles. The number of hydrogen-bond acceptors (Lipinski definition) is 3. The van der Waals surface area contributed by atoms with E-state index in [0.29, 0.717) is 10.9 Å². The van der Waals surface area contributed by atoms with Gasteiger partial charge in [0.25, 0.3) is 5.69 Å². The van der Waals surface area contributed by atoms with Crippen molar-refractivity contribution >= 4 is 11.4 Å². The lowest BCUT2D eigenvalue weighted by molar-refractivity contribution is -0.386. The van der Waals surface area contributed by atoms with Crippen LogP contribution in [0, 0.1) is 20.6 Å². The number of nitrogens with two attached hydrogens (primary N) is 1. The van der Waals surface area contributed by atoms with E-state index >= 15 is 0 Å². The molecule has 0 amide bonds. The molecule has 0 bridgehead atoms. The molecule has 0 fully saturated rings. The molecule has 2 rings (SSSR count). The Kier molecular flexibility index (Phi) is 0.672. The molecule has 2 aliphatic carbocycles. The minimum Gasteiger partial charge on any atom is -0.398 e. The number of nitrogen functional groups attached to an aromatic ring is 1. The monoisotopic (exact) mass is 136 g/mol. The number of hydrogen-bond donors (Lipinski definition) is 1. The van der Waals surface area contributed by atoms with E-state index in [4.69, 9.17) is 5.73 Å². The number of benzene rings is 1. The number of rotatable bonds is 1. The first-order valence-electron chi connectivity index (χ1n) is 2.78. The molecule has 2 aliphatic rings. The topological polar surface area (TPSA) is 69.2 Å². The molecule has 0 heterocycles. The van der Waals surface area contributed by atoms with Gasteiger partial charge in [-0.15, -0.1) is 0 Å². The zero-order chi connectivity index (χ0) is 7.30. The molecule has 0 spiro atoms. The van der Waals surface area contributed by atoms with Gasteiger partial charge in [0.1, 0.15) is 0 Å². The van der Waals surface area contributed by atoms with Gasteiger partial charge in [0.05, 0.1) is 10.1 Å².